The smallest absolute Gasteiger partial charge is 0.404 e. The van der Waals surface area contributed by atoms with Gasteiger partial charge in [0.1, 0.15) is 12.2 Å². The second-order valence-corrected chi connectivity index (χ2v) is 3.74. The van der Waals surface area contributed by atoms with Crippen molar-refractivity contribution in [2.24, 2.45) is 5.73 Å². The Hall–Kier alpha value is -1.64. The van der Waals surface area contributed by atoms with E-state index in [-0.39, 0.29) is 0 Å². The molecule has 1 amide bonds. The number of hydrogen-bond donors (Lipinski definition) is 2. The van der Waals surface area contributed by atoms with Crippen LogP contribution in [0, 0.1) is 0 Å². The number of carbonyl (C=O) groups excluding carboxylic acids is 1. The molecule has 2 aliphatic rings. The van der Waals surface area contributed by atoms with Crippen molar-refractivity contribution >= 4 is 12.1 Å². The Morgan fingerprint density at radius 3 is 1.90 bits per heavy atom. The van der Waals surface area contributed by atoms with Gasteiger partial charge in [-0.3, -0.25) is 0 Å². The Kier molecular flexibility index (Phi) is 10.3. The molecule has 0 saturated carbocycles. The maximum atomic E-state index is 9.60. The van der Waals surface area contributed by atoms with Gasteiger partial charge >= 0.3 is 12.1 Å². The van der Waals surface area contributed by atoms with Gasteiger partial charge in [0.05, 0.1) is 33.0 Å². The fourth-order valence-electron chi connectivity index (χ4n) is 0.802. The van der Waals surface area contributed by atoms with E-state index < -0.39 is 12.1 Å². The predicted octanol–water partition coefficient (Wildman–Crippen LogP) is 0.159. The molecule has 2 fully saturated rings. The average molecular weight is 291 g/mol. The third-order valence-electron chi connectivity index (χ3n) is 1.87. The molecule has 20 heavy (non-hydrogen) atoms. The molecule has 2 atom stereocenters. The minimum Gasteiger partial charge on any atom is -0.478 e. The fraction of sp³-hybridized carbons (Fsp3) is 0.667. The van der Waals surface area contributed by atoms with E-state index in [4.69, 9.17) is 19.3 Å². The summed E-state index contributed by atoms with van der Waals surface area (Å²) >= 11 is 0. The van der Waals surface area contributed by atoms with Crippen LogP contribution in [-0.4, -0.2) is 62.4 Å². The summed E-state index contributed by atoms with van der Waals surface area (Å²) in [6, 6.07) is 0. The molecule has 0 aromatic rings. The Labute approximate surface area is 117 Å². The predicted molar refractivity (Wildman–Crippen MR) is 69.3 cm³/mol. The molecule has 3 N–H and O–H groups in total. The zero-order valence-corrected chi connectivity index (χ0v) is 11.4. The first-order valence-corrected chi connectivity index (χ1v) is 6.08. The monoisotopic (exact) mass is 291 g/mol. The molecule has 2 rings (SSSR count). The van der Waals surface area contributed by atoms with Gasteiger partial charge in [-0.1, -0.05) is 6.58 Å². The van der Waals surface area contributed by atoms with Crippen LogP contribution >= 0.6 is 0 Å². The minimum atomic E-state index is -0.981. The van der Waals surface area contributed by atoms with Crippen LogP contribution in [-0.2, 0) is 23.7 Å². The van der Waals surface area contributed by atoms with Gasteiger partial charge in [0.25, 0.3) is 0 Å². The number of ether oxygens (including phenoxy) is 4. The van der Waals surface area contributed by atoms with Gasteiger partial charge in [-0.15, -0.1) is 0 Å². The van der Waals surface area contributed by atoms with E-state index >= 15 is 0 Å². The number of carbonyl (C=O) groups is 2. The number of primary amides is 1. The van der Waals surface area contributed by atoms with Gasteiger partial charge in [-0.25, -0.2) is 9.59 Å². The molecule has 8 nitrogen and oxygen atoms in total. The van der Waals surface area contributed by atoms with Crippen molar-refractivity contribution in [3.63, 3.8) is 0 Å². The van der Waals surface area contributed by atoms with Gasteiger partial charge in [0.15, 0.2) is 0 Å². The van der Waals surface area contributed by atoms with Crippen LogP contribution in [0.2, 0.25) is 0 Å². The Morgan fingerprint density at radius 1 is 1.35 bits per heavy atom. The molecule has 0 aromatic heterocycles. The molecule has 0 bridgehead atoms. The Morgan fingerprint density at radius 2 is 1.75 bits per heavy atom. The number of amides is 1. The van der Waals surface area contributed by atoms with Crippen molar-refractivity contribution in [3.05, 3.63) is 12.7 Å². The summed E-state index contributed by atoms with van der Waals surface area (Å²) in [5.41, 5.74) is 4.54. The highest BCUT2D eigenvalue weighted by Crippen LogP contribution is 2.12. The summed E-state index contributed by atoms with van der Waals surface area (Å²) in [5.74, 6) is -0.981. The summed E-state index contributed by atoms with van der Waals surface area (Å²) in [4.78, 5) is 18.8. The largest absolute Gasteiger partial charge is 0.478 e. The van der Waals surface area contributed by atoms with Crippen LogP contribution in [0.25, 0.3) is 0 Å². The van der Waals surface area contributed by atoms with Crippen molar-refractivity contribution in [1.82, 2.24) is 0 Å². The van der Waals surface area contributed by atoms with Crippen LogP contribution in [0.5, 0.6) is 0 Å². The summed E-state index contributed by atoms with van der Waals surface area (Å²) < 4.78 is 19.3. The Balaban J connectivity index is 0.000000291. The van der Waals surface area contributed by atoms with Crippen molar-refractivity contribution < 1.29 is 33.6 Å². The van der Waals surface area contributed by atoms with Crippen LogP contribution in [0.1, 0.15) is 6.92 Å². The highest BCUT2D eigenvalue weighted by molar-refractivity contribution is 5.78. The highest BCUT2D eigenvalue weighted by atomic mass is 16.6. The summed E-state index contributed by atoms with van der Waals surface area (Å²) in [7, 11) is 0. The van der Waals surface area contributed by atoms with E-state index in [1.165, 1.54) is 0 Å². The summed E-state index contributed by atoms with van der Waals surface area (Å²) in [6.07, 6.45) is 0.907. The first-order chi connectivity index (χ1) is 9.49. The molecule has 0 aliphatic carbocycles. The van der Waals surface area contributed by atoms with E-state index in [0.29, 0.717) is 18.8 Å². The molecule has 0 spiro atoms. The van der Waals surface area contributed by atoms with Crippen molar-refractivity contribution in [2.45, 2.75) is 19.1 Å². The van der Waals surface area contributed by atoms with E-state index in [0.717, 1.165) is 32.5 Å². The lowest BCUT2D eigenvalue weighted by atomic mass is 10.5. The molecule has 2 unspecified atom stereocenters. The quantitative estimate of drug-likeness (QED) is 0.527. The number of carboxylic acid groups (broad SMARTS) is 1. The van der Waals surface area contributed by atoms with Gasteiger partial charge in [0.2, 0.25) is 0 Å². The minimum absolute atomic E-state index is 0.356. The lowest BCUT2D eigenvalue weighted by molar-refractivity contribution is -0.131. The maximum absolute atomic E-state index is 9.60. The van der Waals surface area contributed by atoms with Gasteiger partial charge < -0.3 is 29.8 Å². The molecule has 8 heteroatoms. The summed E-state index contributed by atoms with van der Waals surface area (Å²) in [6.45, 7) is 8.28. The topological polar surface area (TPSA) is 124 Å². The lowest BCUT2D eigenvalue weighted by Crippen LogP contribution is -2.11. The molecule has 116 valence electrons. The lowest BCUT2D eigenvalue weighted by Gasteiger charge is -1.95. The first kappa shape index (κ1) is 18.4. The fourth-order valence-corrected chi connectivity index (χ4v) is 0.802. The summed E-state index contributed by atoms with van der Waals surface area (Å²) in [5, 5.41) is 7.60. The number of aliphatic carboxylic acids is 1. The standard InChI is InChI=1S/C6H10O3.C3H7NO2.C3H4O2/c1(5-3-8-5)7-2-6-4-9-6;1-2-6-3(4)5;1-2-3(4)5/h5-6H,1-4H2;2H2,1H3,(H2,4,5);2H,1H2,(H,4,5). The average Bonchev–Trinajstić information content (AvgIpc) is 3.25. The normalized spacial score (nSPS) is 21.2. The van der Waals surface area contributed by atoms with Crippen molar-refractivity contribution in [2.75, 3.05) is 33.0 Å². The molecule has 0 aromatic carbocycles. The third-order valence-corrected chi connectivity index (χ3v) is 1.87. The van der Waals surface area contributed by atoms with Gasteiger partial charge in [0, 0.05) is 6.08 Å². The molecule has 2 aliphatic heterocycles. The third kappa shape index (κ3) is 16.4. The number of carboxylic acids is 1. The number of nitrogens with two attached hydrogens (primary N) is 1. The number of rotatable bonds is 6. The van der Waals surface area contributed by atoms with Gasteiger partial charge in [-0.2, -0.15) is 0 Å². The van der Waals surface area contributed by atoms with Crippen molar-refractivity contribution in [1.29, 1.82) is 0 Å². The van der Waals surface area contributed by atoms with Crippen LogP contribution < -0.4 is 5.73 Å². The number of epoxide rings is 2. The van der Waals surface area contributed by atoms with E-state index in [1.54, 1.807) is 6.92 Å². The number of hydrogen-bond acceptors (Lipinski definition) is 6. The van der Waals surface area contributed by atoms with E-state index in [2.05, 4.69) is 17.0 Å². The van der Waals surface area contributed by atoms with Crippen LogP contribution in [0.4, 0.5) is 4.79 Å². The second-order valence-electron chi connectivity index (χ2n) is 3.74. The van der Waals surface area contributed by atoms with Crippen molar-refractivity contribution in [3.8, 4) is 0 Å². The van der Waals surface area contributed by atoms with Crippen LogP contribution in [0.3, 0.4) is 0 Å². The first-order valence-electron chi connectivity index (χ1n) is 6.08. The highest BCUT2D eigenvalue weighted by Gasteiger charge is 2.26. The van der Waals surface area contributed by atoms with Gasteiger partial charge in [-0.05, 0) is 6.92 Å². The van der Waals surface area contributed by atoms with Crippen LogP contribution in [0.15, 0.2) is 12.7 Å². The second kappa shape index (κ2) is 11.2. The van der Waals surface area contributed by atoms with E-state index in [1.807, 2.05) is 0 Å². The molecule has 2 saturated heterocycles. The molecule has 2 heterocycles. The zero-order valence-electron chi connectivity index (χ0n) is 11.4. The zero-order chi connectivity index (χ0) is 15.4. The molecular weight excluding hydrogens is 270 g/mol. The van der Waals surface area contributed by atoms with E-state index in [9.17, 15) is 9.59 Å². The molecule has 0 radical (unpaired) electrons. The maximum Gasteiger partial charge on any atom is 0.404 e. The molecular formula is C12H21NO7. The Bertz CT molecular complexity index is 288. The SMILES string of the molecule is C(OCC1CO1)C1CO1.C=CC(=O)O.CCOC(N)=O.